The van der Waals surface area contributed by atoms with Gasteiger partial charge in [0.1, 0.15) is 0 Å². The molecule has 134 valence electrons. The largest absolute Gasteiger partial charge is 0.349 e. The molecule has 2 aromatic rings. The lowest BCUT2D eigenvalue weighted by atomic mass is 10.1. The summed E-state index contributed by atoms with van der Waals surface area (Å²) in [6.07, 6.45) is 1.37. The monoisotopic (exact) mass is 380 g/mol. The van der Waals surface area contributed by atoms with Crippen molar-refractivity contribution in [2.75, 3.05) is 17.6 Å². The minimum absolute atomic E-state index is 0.105. The second-order valence-electron chi connectivity index (χ2n) is 5.91. The Bertz CT molecular complexity index is 834. The number of rotatable bonds is 6. The van der Waals surface area contributed by atoms with Crippen LogP contribution < -0.4 is 9.62 Å². The van der Waals surface area contributed by atoms with Gasteiger partial charge in [0, 0.05) is 12.1 Å². The molecule has 0 bridgehead atoms. The molecule has 0 heterocycles. The van der Waals surface area contributed by atoms with Crippen molar-refractivity contribution in [2.45, 2.75) is 19.4 Å². The molecule has 0 aliphatic heterocycles. The molecule has 0 saturated carbocycles. The highest BCUT2D eigenvalue weighted by molar-refractivity contribution is 7.92. The molecule has 1 N–H and O–H groups in total. The minimum atomic E-state index is -3.30. The third-order valence-corrected chi connectivity index (χ3v) is 5.37. The summed E-state index contributed by atoms with van der Waals surface area (Å²) < 4.78 is 24.2. The third kappa shape index (κ3) is 5.47. The van der Waals surface area contributed by atoms with Crippen LogP contribution in [0.3, 0.4) is 0 Å². The SMILES string of the molecule is CC(NC(=O)Cc1ccc(N(C)S(C)(=O)=O)cc1)c1ccc(Cl)cc1. The molecule has 1 amide bonds. The van der Waals surface area contributed by atoms with Crippen LogP contribution in [0.4, 0.5) is 5.69 Å². The lowest BCUT2D eigenvalue weighted by Crippen LogP contribution is -2.28. The third-order valence-electron chi connectivity index (χ3n) is 3.91. The van der Waals surface area contributed by atoms with E-state index in [1.807, 2.05) is 19.1 Å². The summed E-state index contributed by atoms with van der Waals surface area (Å²) >= 11 is 5.86. The number of hydrogen-bond acceptors (Lipinski definition) is 3. The number of nitrogens with one attached hydrogen (secondary N) is 1. The smallest absolute Gasteiger partial charge is 0.231 e. The van der Waals surface area contributed by atoms with E-state index in [0.717, 1.165) is 17.4 Å². The van der Waals surface area contributed by atoms with E-state index in [1.165, 1.54) is 11.4 Å². The van der Waals surface area contributed by atoms with Gasteiger partial charge in [0.2, 0.25) is 15.9 Å². The normalized spacial score (nSPS) is 12.5. The van der Waals surface area contributed by atoms with Crippen LogP contribution in [0.2, 0.25) is 5.02 Å². The first-order valence-electron chi connectivity index (χ1n) is 7.74. The van der Waals surface area contributed by atoms with Crippen LogP contribution in [-0.4, -0.2) is 27.6 Å². The topological polar surface area (TPSA) is 66.5 Å². The molecular weight excluding hydrogens is 360 g/mol. The molecule has 2 aromatic carbocycles. The summed E-state index contributed by atoms with van der Waals surface area (Å²) in [6.45, 7) is 1.91. The van der Waals surface area contributed by atoms with Gasteiger partial charge in [-0.1, -0.05) is 35.9 Å². The first-order valence-corrected chi connectivity index (χ1v) is 9.97. The van der Waals surface area contributed by atoms with E-state index >= 15 is 0 Å². The molecular formula is C18H21ClN2O3S. The van der Waals surface area contributed by atoms with Crippen LogP contribution in [0, 0.1) is 0 Å². The number of carbonyl (C=O) groups excluding carboxylic acids is 1. The van der Waals surface area contributed by atoms with Crippen LogP contribution in [0.5, 0.6) is 0 Å². The number of nitrogens with zero attached hydrogens (tertiary/aromatic N) is 1. The van der Waals surface area contributed by atoms with Gasteiger partial charge < -0.3 is 5.32 Å². The van der Waals surface area contributed by atoms with Crippen molar-refractivity contribution >= 4 is 33.2 Å². The molecule has 0 spiro atoms. The van der Waals surface area contributed by atoms with Gasteiger partial charge in [-0.2, -0.15) is 0 Å². The first-order chi connectivity index (χ1) is 11.7. The quantitative estimate of drug-likeness (QED) is 0.837. The second-order valence-corrected chi connectivity index (χ2v) is 8.36. The van der Waals surface area contributed by atoms with Gasteiger partial charge in [-0.25, -0.2) is 8.42 Å². The average Bonchev–Trinajstić information content (AvgIpc) is 2.54. The predicted molar refractivity (Wildman–Crippen MR) is 101 cm³/mol. The van der Waals surface area contributed by atoms with E-state index in [2.05, 4.69) is 5.32 Å². The number of hydrogen-bond donors (Lipinski definition) is 1. The van der Waals surface area contributed by atoms with Crippen LogP contribution in [0.1, 0.15) is 24.1 Å². The fraction of sp³-hybridized carbons (Fsp3) is 0.278. The predicted octanol–water partition coefficient (Wildman–Crippen LogP) is 3.16. The van der Waals surface area contributed by atoms with Crippen LogP contribution in [0.15, 0.2) is 48.5 Å². The van der Waals surface area contributed by atoms with Crippen LogP contribution in [0.25, 0.3) is 0 Å². The molecule has 2 rings (SSSR count). The van der Waals surface area contributed by atoms with E-state index in [-0.39, 0.29) is 18.4 Å². The van der Waals surface area contributed by atoms with Crippen molar-refractivity contribution in [2.24, 2.45) is 0 Å². The molecule has 0 aliphatic rings. The molecule has 7 heteroatoms. The first kappa shape index (κ1) is 19.3. The van der Waals surface area contributed by atoms with Crippen LogP contribution in [-0.2, 0) is 21.2 Å². The van der Waals surface area contributed by atoms with Crippen molar-refractivity contribution in [3.8, 4) is 0 Å². The number of amides is 1. The zero-order chi connectivity index (χ0) is 18.6. The zero-order valence-corrected chi connectivity index (χ0v) is 15.9. The molecule has 0 aromatic heterocycles. The lowest BCUT2D eigenvalue weighted by Gasteiger charge is -2.17. The van der Waals surface area contributed by atoms with Gasteiger partial charge in [0.05, 0.1) is 24.4 Å². The van der Waals surface area contributed by atoms with E-state index in [9.17, 15) is 13.2 Å². The molecule has 0 aliphatic carbocycles. The maximum absolute atomic E-state index is 12.2. The highest BCUT2D eigenvalue weighted by atomic mass is 35.5. The van der Waals surface area contributed by atoms with E-state index in [0.29, 0.717) is 10.7 Å². The molecule has 0 radical (unpaired) electrons. The Labute approximate surface area is 153 Å². The van der Waals surface area contributed by atoms with Gasteiger partial charge in [-0.05, 0) is 42.3 Å². The van der Waals surface area contributed by atoms with Gasteiger partial charge >= 0.3 is 0 Å². The molecule has 0 fully saturated rings. The Morgan fingerprint density at radius 2 is 1.68 bits per heavy atom. The molecule has 0 saturated heterocycles. The number of anilines is 1. The fourth-order valence-corrected chi connectivity index (χ4v) is 2.96. The lowest BCUT2D eigenvalue weighted by molar-refractivity contribution is -0.121. The van der Waals surface area contributed by atoms with Gasteiger partial charge in [0.25, 0.3) is 0 Å². The number of benzene rings is 2. The van der Waals surface area contributed by atoms with Crippen molar-refractivity contribution in [1.82, 2.24) is 5.32 Å². The van der Waals surface area contributed by atoms with Gasteiger partial charge in [0.15, 0.2) is 0 Å². The van der Waals surface area contributed by atoms with Crippen molar-refractivity contribution < 1.29 is 13.2 Å². The Morgan fingerprint density at radius 1 is 1.12 bits per heavy atom. The Kier molecular flexibility index (Phi) is 6.08. The summed E-state index contributed by atoms with van der Waals surface area (Å²) in [6, 6.07) is 14.1. The maximum Gasteiger partial charge on any atom is 0.231 e. The number of carbonyl (C=O) groups is 1. The van der Waals surface area contributed by atoms with Gasteiger partial charge in [-0.15, -0.1) is 0 Å². The Hall–Kier alpha value is -2.05. The van der Waals surface area contributed by atoms with Crippen LogP contribution >= 0.6 is 11.6 Å². The summed E-state index contributed by atoms with van der Waals surface area (Å²) in [5, 5.41) is 3.59. The summed E-state index contributed by atoms with van der Waals surface area (Å²) in [7, 11) is -1.81. The number of sulfonamides is 1. The molecule has 1 atom stereocenters. The molecule has 1 unspecified atom stereocenters. The van der Waals surface area contributed by atoms with Crippen molar-refractivity contribution in [3.05, 3.63) is 64.7 Å². The van der Waals surface area contributed by atoms with E-state index < -0.39 is 10.0 Å². The highest BCUT2D eigenvalue weighted by Crippen LogP contribution is 2.18. The zero-order valence-electron chi connectivity index (χ0n) is 14.4. The van der Waals surface area contributed by atoms with E-state index in [1.54, 1.807) is 36.4 Å². The highest BCUT2D eigenvalue weighted by Gasteiger charge is 2.13. The van der Waals surface area contributed by atoms with Crippen molar-refractivity contribution in [3.63, 3.8) is 0 Å². The fourth-order valence-electron chi connectivity index (χ4n) is 2.33. The van der Waals surface area contributed by atoms with E-state index in [4.69, 9.17) is 11.6 Å². The summed E-state index contributed by atoms with van der Waals surface area (Å²) in [5.74, 6) is -0.105. The Balaban J connectivity index is 1.97. The minimum Gasteiger partial charge on any atom is -0.349 e. The molecule has 5 nitrogen and oxygen atoms in total. The maximum atomic E-state index is 12.2. The second kappa shape index (κ2) is 7.89. The Morgan fingerprint density at radius 3 is 2.20 bits per heavy atom. The van der Waals surface area contributed by atoms with Gasteiger partial charge in [-0.3, -0.25) is 9.10 Å². The number of halogens is 1. The average molecular weight is 381 g/mol. The standard InChI is InChI=1S/C18H21ClN2O3S/c1-13(15-6-8-16(19)9-7-15)20-18(22)12-14-4-10-17(11-5-14)21(2)25(3,23)24/h4-11,13H,12H2,1-3H3,(H,20,22). The van der Waals surface area contributed by atoms with Crippen molar-refractivity contribution in [1.29, 1.82) is 0 Å². The molecule has 25 heavy (non-hydrogen) atoms. The summed E-state index contributed by atoms with van der Waals surface area (Å²) in [5.41, 5.74) is 2.34. The summed E-state index contributed by atoms with van der Waals surface area (Å²) in [4.78, 5) is 12.2.